The van der Waals surface area contributed by atoms with Gasteiger partial charge in [0.15, 0.2) is 11.8 Å². The van der Waals surface area contributed by atoms with Crippen LogP contribution < -0.4 is 5.32 Å². The SMILES string of the molecule is [C-]#[N+]c1ccc(C(=O)OC(C(=O)NC(C)(C)C)C(C)C)cc1. The van der Waals surface area contributed by atoms with Crippen molar-refractivity contribution in [3.8, 4) is 0 Å². The highest BCUT2D eigenvalue weighted by Crippen LogP contribution is 2.16. The zero-order valence-electron chi connectivity index (χ0n) is 13.6. The van der Waals surface area contributed by atoms with Gasteiger partial charge in [0.1, 0.15) is 0 Å². The van der Waals surface area contributed by atoms with Gasteiger partial charge in [-0.3, -0.25) is 4.79 Å². The van der Waals surface area contributed by atoms with Crippen LogP contribution in [0.25, 0.3) is 4.85 Å². The average molecular weight is 302 g/mol. The molecule has 0 saturated carbocycles. The maximum atomic E-state index is 12.2. The van der Waals surface area contributed by atoms with Gasteiger partial charge in [0.2, 0.25) is 0 Å². The number of rotatable bonds is 4. The molecule has 1 aromatic rings. The molecular formula is C17H22N2O3. The summed E-state index contributed by atoms with van der Waals surface area (Å²) in [5.41, 5.74) is 0.373. The second kappa shape index (κ2) is 7.08. The normalized spacial score (nSPS) is 12.4. The van der Waals surface area contributed by atoms with E-state index in [-0.39, 0.29) is 11.8 Å². The van der Waals surface area contributed by atoms with Crippen LogP contribution in [0.3, 0.4) is 0 Å². The number of carbonyl (C=O) groups is 2. The average Bonchev–Trinajstić information content (AvgIpc) is 2.42. The van der Waals surface area contributed by atoms with E-state index in [2.05, 4.69) is 10.2 Å². The summed E-state index contributed by atoms with van der Waals surface area (Å²) in [6.45, 7) is 16.1. The van der Waals surface area contributed by atoms with Gasteiger partial charge < -0.3 is 10.1 Å². The number of hydrogen-bond acceptors (Lipinski definition) is 3. The number of amides is 1. The molecule has 1 amide bonds. The van der Waals surface area contributed by atoms with E-state index >= 15 is 0 Å². The zero-order valence-corrected chi connectivity index (χ0v) is 13.6. The summed E-state index contributed by atoms with van der Waals surface area (Å²) >= 11 is 0. The Morgan fingerprint density at radius 3 is 2.14 bits per heavy atom. The van der Waals surface area contributed by atoms with E-state index in [1.807, 2.05) is 34.6 Å². The standard InChI is InChI=1S/C17H22N2O3/c1-11(2)14(15(20)19-17(3,4)5)22-16(21)12-7-9-13(18-6)10-8-12/h7-11,14H,1-5H3,(H,19,20). The minimum Gasteiger partial charge on any atom is -0.448 e. The molecule has 0 fully saturated rings. The lowest BCUT2D eigenvalue weighted by molar-refractivity contribution is -0.133. The van der Waals surface area contributed by atoms with Crippen molar-refractivity contribution in [3.05, 3.63) is 41.2 Å². The third-order valence-electron chi connectivity index (χ3n) is 2.83. The van der Waals surface area contributed by atoms with E-state index in [4.69, 9.17) is 11.3 Å². The van der Waals surface area contributed by atoms with Crippen molar-refractivity contribution in [2.45, 2.75) is 46.3 Å². The summed E-state index contributed by atoms with van der Waals surface area (Å²) in [6, 6.07) is 6.13. The third-order valence-corrected chi connectivity index (χ3v) is 2.83. The van der Waals surface area contributed by atoms with E-state index < -0.39 is 17.6 Å². The van der Waals surface area contributed by atoms with Crippen LogP contribution in [-0.2, 0) is 9.53 Å². The first-order valence-electron chi connectivity index (χ1n) is 7.14. The molecule has 1 rings (SSSR count). The lowest BCUT2D eigenvalue weighted by Crippen LogP contribution is -2.48. The molecule has 1 atom stereocenters. The van der Waals surface area contributed by atoms with Gasteiger partial charge in [-0.25, -0.2) is 9.64 Å². The lowest BCUT2D eigenvalue weighted by Gasteiger charge is -2.26. The van der Waals surface area contributed by atoms with Crippen molar-refractivity contribution in [1.29, 1.82) is 0 Å². The topological polar surface area (TPSA) is 59.8 Å². The second-order valence-corrected chi connectivity index (χ2v) is 6.47. The Bertz CT molecular complexity index is 577. The van der Waals surface area contributed by atoms with Crippen LogP contribution in [0.2, 0.25) is 0 Å². The molecule has 22 heavy (non-hydrogen) atoms. The maximum absolute atomic E-state index is 12.2. The number of nitrogens with zero attached hydrogens (tertiary/aromatic N) is 1. The van der Waals surface area contributed by atoms with Gasteiger partial charge in [-0.05, 0) is 26.7 Å². The third kappa shape index (κ3) is 5.21. The number of esters is 1. The van der Waals surface area contributed by atoms with Crippen LogP contribution in [0.15, 0.2) is 24.3 Å². The molecule has 1 unspecified atom stereocenters. The van der Waals surface area contributed by atoms with E-state index in [0.717, 1.165) is 0 Å². The molecule has 1 aromatic carbocycles. The molecule has 5 heteroatoms. The maximum Gasteiger partial charge on any atom is 0.338 e. The quantitative estimate of drug-likeness (QED) is 0.685. The molecule has 0 aromatic heterocycles. The largest absolute Gasteiger partial charge is 0.448 e. The van der Waals surface area contributed by atoms with Crippen LogP contribution in [0.4, 0.5) is 5.69 Å². The predicted molar refractivity (Wildman–Crippen MR) is 84.6 cm³/mol. The highest BCUT2D eigenvalue weighted by atomic mass is 16.5. The van der Waals surface area contributed by atoms with Gasteiger partial charge in [0.25, 0.3) is 5.91 Å². The fourth-order valence-electron chi connectivity index (χ4n) is 1.79. The van der Waals surface area contributed by atoms with Crippen molar-refractivity contribution in [3.63, 3.8) is 0 Å². The summed E-state index contributed by atoms with van der Waals surface area (Å²) in [6.07, 6.45) is -0.854. The van der Waals surface area contributed by atoms with E-state index in [1.54, 1.807) is 12.1 Å². The van der Waals surface area contributed by atoms with Crippen LogP contribution in [0, 0.1) is 12.5 Å². The molecule has 0 spiro atoms. The Morgan fingerprint density at radius 2 is 1.73 bits per heavy atom. The van der Waals surface area contributed by atoms with Crippen LogP contribution in [0.1, 0.15) is 45.0 Å². The number of ether oxygens (including phenoxy) is 1. The first-order chi connectivity index (χ1) is 10.1. The van der Waals surface area contributed by atoms with Crippen LogP contribution in [0.5, 0.6) is 0 Å². The minimum atomic E-state index is -0.854. The molecule has 0 aliphatic heterocycles. The molecule has 0 aliphatic carbocycles. The molecule has 118 valence electrons. The van der Waals surface area contributed by atoms with Gasteiger partial charge in [-0.1, -0.05) is 38.1 Å². The Balaban J connectivity index is 2.84. The molecule has 0 heterocycles. The number of nitrogens with one attached hydrogen (secondary N) is 1. The van der Waals surface area contributed by atoms with Gasteiger partial charge in [0, 0.05) is 5.54 Å². The molecule has 0 saturated heterocycles. The molecule has 0 aliphatic rings. The Kier molecular flexibility index (Phi) is 5.69. The molecular weight excluding hydrogens is 280 g/mol. The molecule has 0 radical (unpaired) electrons. The van der Waals surface area contributed by atoms with Crippen LogP contribution in [-0.4, -0.2) is 23.5 Å². The zero-order chi connectivity index (χ0) is 16.9. The molecule has 5 nitrogen and oxygen atoms in total. The predicted octanol–water partition coefficient (Wildman–Crippen LogP) is 3.33. The molecule has 0 bridgehead atoms. The monoisotopic (exact) mass is 302 g/mol. The van der Waals surface area contributed by atoms with E-state index in [0.29, 0.717) is 11.3 Å². The van der Waals surface area contributed by atoms with E-state index in [9.17, 15) is 9.59 Å². The summed E-state index contributed by atoms with van der Waals surface area (Å²) < 4.78 is 5.35. The summed E-state index contributed by atoms with van der Waals surface area (Å²) in [5.74, 6) is -1.03. The number of carbonyl (C=O) groups excluding carboxylic acids is 2. The first kappa shape index (κ1) is 17.7. The first-order valence-corrected chi connectivity index (χ1v) is 7.14. The Morgan fingerprint density at radius 1 is 1.18 bits per heavy atom. The van der Waals surface area contributed by atoms with E-state index in [1.165, 1.54) is 12.1 Å². The van der Waals surface area contributed by atoms with Gasteiger partial charge in [-0.2, -0.15) is 0 Å². The van der Waals surface area contributed by atoms with Gasteiger partial charge in [0.05, 0.1) is 12.1 Å². The smallest absolute Gasteiger partial charge is 0.338 e. The summed E-state index contributed by atoms with van der Waals surface area (Å²) in [7, 11) is 0. The Labute approximate surface area is 131 Å². The highest BCUT2D eigenvalue weighted by molar-refractivity contribution is 5.92. The number of benzene rings is 1. The lowest BCUT2D eigenvalue weighted by atomic mass is 10.0. The van der Waals surface area contributed by atoms with Crippen molar-refractivity contribution < 1.29 is 14.3 Å². The summed E-state index contributed by atoms with van der Waals surface area (Å²) in [4.78, 5) is 27.7. The minimum absolute atomic E-state index is 0.145. The fraction of sp³-hybridized carbons (Fsp3) is 0.471. The molecule has 1 N–H and O–H groups in total. The summed E-state index contributed by atoms with van der Waals surface area (Å²) in [5, 5.41) is 2.82. The second-order valence-electron chi connectivity index (χ2n) is 6.47. The number of hydrogen-bond donors (Lipinski definition) is 1. The van der Waals surface area contributed by atoms with Crippen LogP contribution >= 0.6 is 0 Å². The van der Waals surface area contributed by atoms with Crippen molar-refractivity contribution >= 4 is 17.6 Å². The van der Waals surface area contributed by atoms with Gasteiger partial charge >= 0.3 is 5.97 Å². The van der Waals surface area contributed by atoms with Crippen molar-refractivity contribution in [2.24, 2.45) is 5.92 Å². The van der Waals surface area contributed by atoms with Crippen molar-refractivity contribution in [1.82, 2.24) is 5.32 Å². The highest BCUT2D eigenvalue weighted by Gasteiger charge is 2.29. The Hall–Kier alpha value is -2.35. The van der Waals surface area contributed by atoms with Gasteiger partial charge in [-0.15, -0.1) is 0 Å². The fourth-order valence-corrected chi connectivity index (χ4v) is 1.79. The van der Waals surface area contributed by atoms with Crippen molar-refractivity contribution in [2.75, 3.05) is 0 Å².